The first-order valence-electron chi connectivity index (χ1n) is 4.51. The predicted molar refractivity (Wildman–Crippen MR) is 59.1 cm³/mol. The minimum atomic E-state index is -1.67. The fourth-order valence-electron chi connectivity index (χ4n) is 1.44. The summed E-state index contributed by atoms with van der Waals surface area (Å²) < 4.78 is 2.71. The quantitative estimate of drug-likeness (QED) is 0.458. The average molecular weight is 305 g/mol. The highest BCUT2D eigenvalue weighted by Crippen LogP contribution is 2.36. The average Bonchev–Trinajstić information content (AvgIpc) is 2.10. The van der Waals surface area contributed by atoms with E-state index in [1.54, 1.807) is 0 Å². The fourth-order valence-corrected chi connectivity index (χ4v) is 2.00. The number of esters is 2. The second-order valence-corrected chi connectivity index (χ2v) is 6.01. The molecule has 96 valence electrons. The Balaban J connectivity index is 2.70. The maximum Gasteiger partial charge on any atom is 0.405 e. The van der Waals surface area contributed by atoms with E-state index in [9.17, 15) is 14.4 Å². The lowest BCUT2D eigenvalue weighted by atomic mass is 9.95. The van der Waals surface area contributed by atoms with Crippen LogP contribution >= 0.6 is 34.8 Å². The molecule has 1 saturated heterocycles. The number of carbonyl (C=O) groups excluding carboxylic acids is 2. The number of halogens is 3. The van der Waals surface area contributed by atoms with E-state index in [1.165, 1.54) is 0 Å². The Hall–Kier alpha value is -0.720. The van der Waals surface area contributed by atoms with Crippen LogP contribution < -0.4 is 5.32 Å². The molecule has 1 amide bonds. The minimum absolute atomic E-state index is 0.0854. The smallest absolute Gasteiger partial charge is 0.405 e. The normalized spacial score (nSPS) is 25.4. The van der Waals surface area contributed by atoms with E-state index in [0.717, 1.165) is 0 Å². The van der Waals surface area contributed by atoms with Gasteiger partial charge < -0.3 is 15.2 Å². The third-order valence-corrected chi connectivity index (χ3v) is 2.58. The monoisotopic (exact) mass is 303 g/mol. The SMILES string of the molecule is O=C(O)N[C@H]1CC(CC(Cl)(Cl)Cl)C(=O)OC1=O. The van der Waals surface area contributed by atoms with Crippen LogP contribution in [0.1, 0.15) is 12.8 Å². The molecule has 0 bridgehead atoms. The molecular formula is C8H8Cl3NO5. The van der Waals surface area contributed by atoms with Crippen molar-refractivity contribution in [2.45, 2.75) is 22.7 Å². The van der Waals surface area contributed by atoms with E-state index >= 15 is 0 Å². The van der Waals surface area contributed by atoms with Crippen molar-refractivity contribution in [3.05, 3.63) is 0 Å². The number of amides is 1. The van der Waals surface area contributed by atoms with Gasteiger partial charge in [0, 0.05) is 6.42 Å². The van der Waals surface area contributed by atoms with Crippen LogP contribution in [0.5, 0.6) is 0 Å². The van der Waals surface area contributed by atoms with Crippen LogP contribution in [0.3, 0.4) is 0 Å². The van der Waals surface area contributed by atoms with Gasteiger partial charge in [0.05, 0.1) is 5.92 Å². The summed E-state index contributed by atoms with van der Waals surface area (Å²) >= 11 is 16.6. The molecule has 1 heterocycles. The first-order chi connectivity index (χ1) is 7.69. The van der Waals surface area contributed by atoms with Gasteiger partial charge in [0.15, 0.2) is 3.79 Å². The molecule has 0 aromatic rings. The molecule has 0 saturated carbocycles. The van der Waals surface area contributed by atoms with Gasteiger partial charge in [-0.2, -0.15) is 0 Å². The van der Waals surface area contributed by atoms with Crippen molar-refractivity contribution in [1.82, 2.24) is 5.32 Å². The molecule has 6 nitrogen and oxygen atoms in total. The van der Waals surface area contributed by atoms with Gasteiger partial charge in [-0.1, -0.05) is 34.8 Å². The molecule has 0 radical (unpaired) electrons. The van der Waals surface area contributed by atoms with Crippen LogP contribution in [0, 0.1) is 5.92 Å². The number of carboxylic acid groups (broad SMARTS) is 1. The van der Waals surface area contributed by atoms with Crippen LogP contribution in [-0.4, -0.2) is 33.0 Å². The summed E-state index contributed by atoms with van der Waals surface area (Å²) in [6.45, 7) is 0. The second-order valence-electron chi connectivity index (χ2n) is 3.49. The molecule has 1 aliphatic rings. The molecule has 2 atom stereocenters. The summed E-state index contributed by atoms with van der Waals surface area (Å²) in [5.74, 6) is -2.60. The number of rotatable bonds is 2. The Morgan fingerprint density at radius 2 is 2.00 bits per heavy atom. The van der Waals surface area contributed by atoms with Gasteiger partial charge in [-0.25, -0.2) is 9.59 Å². The summed E-state index contributed by atoms with van der Waals surface area (Å²) in [6, 6.07) is -1.12. The van der Waals surface area contributed by atoms with Gasteiger partial charge in [-0.3, -0.25) is 4.79 Å². The Morgan fingerprint density at radius 1 is 1.41 bits per heavy atom. The number of nitrogens with one attached hydrogen (secondary N) is 1. The van der Waals surface area contributed by atoms with E-state index in [-0.39, 0.29) is 12.8 Å². The summed E-state index contributed by atoms with van der Waals surface area (Å²) in [5.41, 5.74) is 0. The van der Waals surface area contributed by atoms with Crippen molar-refractivity contribution in [2.24, 2.45) is 5.92 Å². The molecule has 1 rings (SSSR count). The van der Waals surface area contributed by atoms with Gasteiger partial charge in [-0.05, 0) is 6.42 Å². The van der Waals surface area contributed by atoms with Crippen molar-refractivity contribution in [3.8, 4) is 0 Å². The fraction of sp³-hybridized carbons (Fsp3) is 0.625. The van der Waals surface area contributed by atoms with Crippen molar-refractivity contribution < 1.29 is 24.2 Å². The summed E-state index contributed by atoms with van der Waals surface area (Å²) in [6.07, 6.45) is -1.63. The van der Waals surface area contributed by atoms with Crippen molar-refractivity contribution in [2.75, 3.05) is 0 Å². The van der Waals surface area contributed by atoms with Gasteiger partial charge in [0.2, 0.25) is 0 Å². The molecular weight excluding hydrogens is 296 g/mol. The van der Waals surface area contributed by atoms with Gasteiger partial charge in [0.25, 0.3) is 0 Å². The van der Waals surface area contributed by atoms with E-state index in [0.29, 0.717) is 0 Å². The summed E-state index contributed by atoms with van der Waals surface area (Å²) in [4.78, 5) is 32.9. The molecule has 1 unspecified atom stereocenters. The Bertz CT molecular complexity index is 354. The molecule has 0 aromatic heterocycles. The van der Waals surface area contributed by atoms with Crippen LogP contribution in [0.15, 0.2) is 0 Å². The third kappa shape index (κ3) is 4.57. The van der Waals surface area contributed by atoms with Crippen molar-refractivity contribution >= 4 is 52.8 Å². The zero-order valence-electron chi connectivity index (χ0n) is 8.28. The van der Waals surface area contributed by atoms with E-state index in [1.807, 2.05) is 5.32 Å². The topological polar surface area (TPSA) is 92.7 Å². The largest absolute Gasteiger partial charge is 0.465 e. The maximum absolute atomic E-state index is 11.3. The zero-order chi connectivity index (χ0) is 13.2. The minimum Gasteiger partial charge on any atom is -0.465 e. The zero-order valence-corrected chi connectivity index (χ0v) is 10.6. The number of alkyl halides is 3. The highest BCUT2D eigenvalue weighted by atomic mass is 35.6. The Labute approximate surface area is 111 Å². The number of hydrogen-bond acceptors (Lipinski definition) is 4. The van der Waals surface area contributed by atoms with Crippen LogP contribution in [0.25, 0.3) is 0 Å². The van der Waals surface area contributed by atoms with Crippen LogP contribution in [-0.2, 0) is 14.3 Å². The van der Waals surface area contributed by atoms with Gasteiger partial charge in [0.1, 0.15) is 6.04 Å². The summed E-state index contributed by atoms with van der Waals surface area (Å²) in [5, 5.41) is 10.4. The highest BCUT2D eigenvalue weighted by Gasteiger charge is 2.41. The number of cyclic esters (lactones) is 2. The lowest BCUT2D eigenvalue weighted by Crippen LogP contribution is -2.48. The standard InChI is InChI=1S/C8H8Cl3NO5/c9-8(10,11)2-3-1-4(12-7(15)16)6(14)17-5(3)13/h3-4,12H,1-2H2,(H,15,16)/t3?,4-/m0/s1. The molecule has 0 aliphatic carbocycles. The molecule has 0 spiro atoms. The Morgan fingerprint density at radius 3 is 2.47 bits per heavy atom. The van der Waals surface area contributed by atoms with E-state index in [2.05, 4.69) is 4.74 Å². The van der Waals surface area contributed by atoms with E-state index in [4.69, 9.17) is 39.9 Å². The van der Waals surface area contributed by atoms with Crippen molar-refractivity contribution in [3.63, 3.8) is 0 Å². The number of hydrogen-bond donors (Lipinski definition) is 2. The molecule has 1 fully saturated rings. The Kier molecular flexibility index (Phi) is 4.46. The first-order valence-corrected chi connectivity index (χ1v) is 5.64. The molecule has 9 heteroatoms. The van der Waals surface area contributed by atoms with Crippen molar-refractivity contribution in [1.29, 1.82) is 0 Å². The second kappa shape index (κ2) is 5.29. The maximum atomic E-state index is 11.3. The van der Waals surface area contributed by atoms with E-state index < -0.39 is 33.8 Å². The molecule has 1 aliphatic heterocycles. The molecule has 17 heavy (non-hydrogen) atoms. The number of carbonyl (C=O) groups is 3. The molecule has 2 N–H and O–H groups in total. The molecule has 0 aromatic carbocycles. The summed E-state index contributed by atoms with van der Waals surface area (Å²) in [7, 11) is 0. The van der Waals surface area contributed by atoms with Gasteiger partial charge >= 0.3 is 18.0 Å². The first kappa shape index (κ1) is 14.3. The highest BCUT2D eigenvalue weighted by molar-refractivity contribution is 6.67. The lowest BCUT2D eigenvalue weighted by Gasteiger charge is -2.27. The predicted octanol–water partition coefficient (Wildman–Crippen LogP) is 1.47. The lowest BCUT2D eigenvalue weighted by molar-refractivity contribution is -0.169. The van der Waals surface area contributed by atoms with Crippen LogP contribution in [0.2, 0.25) is 0 Å². The van der Waals surface area contributed by atoms with Gasteiger partial charge in [-0.15, -0.1) is 0 Å². The third-order valence-electron chi connectivity index (χ3n) is 2.11. The van der Waals surface area contributed by atoms with Crippen LogP contribution in [0.4, 0.5) is 4.79 Å². The number of ether oxygens (including phenoxy) is 1.